The summed E-state index contributed by atoms with van der Waals surface area (Å²) >= 11 is 0. The average Bonchev–Trinajstić information content (AvgIpc) is 3.32. The molecule has 0 spiro atoms. The molecule has 2 unspecified atom stereocenters. The molecule has 1 N–H and O–H groups in total. The van der Waals surface area contributed by atoms with Crippen LogP contribution < -0.4 is 5.32 Å². The maximum Gasteiger partial charge on any atom is 0.240 e. The summed E-state index contributed by atoms with van der Waals surface area (Å²) in [6.07, 6.45) is 6.09. The van der Waals surface area contributed by atoms with Crippen molar-refractivity contribution in [3.63, 3.8) is 0 Å². The monoisotopic (exact) mass is 377 g/mol. The zero-order chi connectivity index (χ0) is 18.7. The molecular formula is C20H31N3O4. The van der Waals surface area contributed by atoms with Crippen LogP contribution in [0.15, 0.2) is 10.6 Å². The van der Waals surface area contributed by atoms with Gasteiger partial charge in [0.25, 0.3) is 0 Å². The first-order valence-corrected chi connectivity index (χ1v) is 10.3. The van der Waals surface area contributed by atoms with Gasteiger partial charge in [-0.15, -0.1) is 0 Å². The molecule has 7 nitrogen and oxygen atoms in total. The summed E-state index contributed by atoms with van der Waals surface area (Å²) in [5.74, 6) is 1.27. The molecule has 1 aliphatic carbocycles. The summed E-state index contributed by atoms with van der Waals surface area (Å²) in [7, 11) is 0. The summed E-state index contributed by atoms with van der Waals surface area (Å²) in [4.78, 5) is 15.9. The predicted octanol–water partition coefficient (Wildman–Crippen LogP) is 1.69. The summed E-state index contributed by atoms with van der Waals surface area (Å²) in [6.45, 7) is 6.26. The van der Waals surface area contributed by atoms with Gasteiger partial charge in [0.05, 0.1) is 38.2 Å². The minimum Gasteiger partial charge on any atom is -0.379 e. The molecule has 2 atom stereocenters. The van der Waals surface area contributed by atoms with Gasteiger partial charge in [0, 0.05) is 31.5 Å². The quantitative estimate of drug-likeness (QED) is 0.842. The lowest BCUT2D eigenvalue weighted by Gasteiger charge is -2.47. The number of aryl methyl sites for hydroxylation is 1. The van der Waals surface area contributed by atoms with E-state index in [2.05, 4.69) is 15.4 Å². The topological polar surface area (TPSA) is 76.8 Å². The van der Waals surface area contributed by atoms with Crippen molar-refractivity contribution in [2.24, 2.45) is 5.92 Å². The molecule has 3 heterocycles. The smallest absolute Gasteiger partial charge is 0.240 e. The van der Waals surface area contributed by atoms with E-state index in [1.54, 1.807) is 0 Å². The molecular weight excluding hydrogens is 346 g/mol. The Morgan fingerprint density at radius 2 is 2.00 bits per heavy atom. The van der Waals surface area contributed by atoms with Crippen molar-refractivity contribution >= 4 is 5.91 Å². The number of carbonyl (C=O) groups is 1. The number of amides is 1. The molecule has 1 aromatic heterocycles. The summed E-state index contributed by atoms with van der Waals surface area (Å²) in [6, 6.07) is 2.00. The van der Waals surface area contributed by atoms with Gasteiger partial charge in [-0.05, 0) is 19.8 Å². The number of hydrogen-bond acceptors (Lipinski definition) is 6. The summed E-state index contributed by atoms with van der Waals surface area (Å²) in [5.41, 5.74) is 0.510. The first-order valence-electron chi connectivity index (χ1n) is 10.3. The fraction of sp³-hybridized carbons (Fsp3) is 0.800. The van der Waals surface area contributed by atoms with Crippen LogP contribution in [0.3, 0.4) is 0 Å². The van der Waals surface area contributed by atoms with Crippen LogP contribution in [-0.4, -0.2) is 67.1 Å². The first kappa shape index (κ1) is 18.9. The number of nitrogens with zero attached hydrogens (tertiary/aromatic N) is 2. The lowest BCUT2D eigenvalue weighted by atomic mass is 9.78. The van der Waals surface area contributed by atoms with Crippen molar-refractivity contribution in [1.82, 2.24) is 15.4 Å². The SMILES string of the molecule is Cc1cc(CC2COCC2NC(=O)C2(N3CCOCC3)CCCCC2)on1. The van der Waals surface area contributed by atoms with Crippen molar-refractivity contribution in [1.29, 1.82) is 0 Å². The van der Waals surface area contributed by atoms with E-state index in [0.29, 0.717) is 13.2 Å². The molecule has 0 bridgehead atoms. The third-order valence-corrected chi connectivity index (χ3v) is 6.37. The molecule has 2 aliphatic heterocycles. The van der Waals surface area contributed by atoms with Crippen LogP contribution in [0.5, 0.6) is 0 Å². The highest BCUT2D eigenvalue weighted by molar-refractivity contribution is 5.86. The van der Waals surface area contributed by atoms with Crippen LogP contribution in [0.2, 0.25) is 0 Å². The van der Waals surface area contributed by atoms with Gasteiger partial charge in [0.1, 0.15) is 11.3 Å². The number of hydrogen-bond donors (Lipinski definition) is 1. The molecule has 3 fully saturated rings. The highest BCUT2D eigenvalue weighted by Crippen LogP contribution is 2.35. The fourth-order valence-corrected chi connectivity index (χ4v) is 4.85. The fourth-order valence-electron chi connectivity index (χ4n) is 4.85. The number of carbonyl (C=O) groups excluding carboxylic acids is 1. The molecule has 7 heteroatoms. The molecule has 0 aromatic carbocycles. The van der Waals surface area contributed by atoms with Crippen molar-refractivity contribution < 1.29 is 18.8 Å². The second-order valence-corrected chi connectivity index (χ2v) is 8.21. The van der Waals surface area contributed by atoms with Crippen LogP contribution in [0.1, 0.15) is 43.6 Å². The van der Waals surface area contributed by atoms with Gasteiger partial charge in [-0.2, -0.15) is 0 Å². The second-order valence-electron chi connectivity index (χ2n) is 8.21. The molecule has 1 saturated carbocycles. The molecule has 3 aliphatic rings. The Morgan fingerprint density at radius 3 is 2.70 bits per heavy atom. The van der Waals surface area contributed by atoms with E-state index in [4.69, 9.17) is 14.0 Å². The largest absolute Gasteiger partial charge is 0.379 e. The van der Waals surface area contributed by atoms with E-state index in [-0.39, 0.29) is 23.4 Å². The maximum atomic E-state index is 13.5. The van der Waals surface area contributed by atoms with Crippen molar-refractivity contribution in [2.75, 3.05) is 39.5 Å². The highest BCUT2D eigenvalue weighted by atomic mass is 16.5. The zero-order valence-electron chi connectivity index (χ0n) is 16.2. The van der Waals surface area contributed by atoms with E-state index in [1.807, 2.05) is 13.0 Å². The van der Waals surface area contributed by atoms with Gasteiger partial charge >= 0.3 is 0 Å². The van der Waals surface area contributed by atoms with Crippen molar-refractivity contribution in [3.05, 3.63) is 17.5 Å². The average molecular weight is 377 g/mol. The van der Waals surface area contributed by atoms with Gasteiger partial charge in [0.2, 0.25) is 5.91 Å². The highest BCUT2D eigenvalue weighted by Gasteiger charge is 2.46. The minimum absolute atomic E-state index is 0.0303. The van der Waals surface area contributed by atoms with Crippen LogP contribution in [0.25, 0.3) is 0 Å². The molecule has 1 aromatic rings. The lowest BCUT2D eigenvalue weighted by molar-refractivity contribution is -0.141. The van der Waals surface area contributed by atoms with E-state index < -0.39 is 0 Å². The van der Waals surface area contributed by atoms with Crippen LogP contribution in [0, 0.1) is 12.8 Å². The Morgan fingerprint density at radius 1 is 1.22 bits per heavy atom. The Kier molecular flexibility index (Phi) is 5.80. The van der Waals surface area contributed by atoms with E-state index in [9.17, 15) is 4.79 Å². The van der Waals surface area contributed by atoms with E-state index >= 15 is 0 Å². The van der Waals surface area contributed by atoms with Crippen molar-refractivity contribution in [3.8, 4) is 0 Å². The van der Waals surface area contributed by atoms with Gasteiger partial charge < -0.3 is 19.3 Å². The van der Waals surface area contributed by atoms with Gasteiger partial charge in [-0.1, -0.05) is 24.4 Å². The van der Waals surface area contributed by atoms with Gasteiger partial charge in [0.15, 0.2) is 0 Å². The number of nitrogens with one attached hydrogen (secondary N) is 1. The number of morpholine rings is 1. The van der Waals surface area contributed by atoms with Crippen LogP contribution >= 0.6 is 0 Å². The Balaban J connectivity index is 1.44. The van der Waals surface area contributed by atoms with Crippen molar-refractivity contribution in [2.45, 2.75) is 57.0 Å². The van der Waals surface area contributed by atoms with E-state index in [1.165, 1.54) is 6.42 Å². The third kappa shape index (κ3) is 4.05. The first-order chi connectivity index (χ1) is 13.2. The van der Waals surface area contributed by atoms with Gasteiger partial charge in [-0.25, -0.2) is 0 Å². The minimum atomic E-state index is -0.377. The van der Waals surface area contributed by atoms with Crippen LogP contribution in [-0.2, 0) is 20.7 Å². The normalized spacial score (nSPS) is 28.9. The number of rotatable bonds is 5. The maximum absolute atomic E-state index is 13.5. The second kappa shape index (κ2) is 8.29. The molecule has 2 saturated heterocycles. The lowest BCUT2D eigenvalue weighted by Crippen LogP contribution is -2.64. The van der Waals surface area contributed by atoms with E-state index in [0.717, 1.165) is 69.9 Å². The van der Waals surface area contributed by atoms with Gasteiger partial charge in [-0.3, -0.25) is 9.69 Å². The molecule has 0 radical (unpaired) electrons. The molecule has 1 amide bonds. The Bertz CT molecular complexity index is 635. The number of ether oxygens (including phenoxy) is 2. The molecule has 150 valence electrons. The molecule has 4 rings (SSSR count). The predicted molar refractivity (Wildman–Crippen MR) is 99.4 cm³/mol. The number of aromatic nitrogens is 1. The Hall–Kier alpha value is -1.44. The third-order valence-electron chi connectivity index (χ3n) is 6.37. The standard InChI is InChI=1S/C20H31N3O4/c1-15-11-17(27-22-15)12-16-13-26-14-18(16)21-19(24)20(5-3-2-4-6-20)23-7-9-25-10-8-23/h11,16,18H,2-10,12-14H2,1H3,(H,21,24). The zero-order valence-corrected chi connectivity index (χ0v) is 16.2. The Labute approximate surface area is 160 Å². The molecule has 27 heavy (non-hydrogen) atoms. The van der Waals surface area contributed by atoms with Crippen LogP contribution in [0.4, 0.5) is 0 Å². The summed E-state index contributed by atoms with van der Waals surface area (Å²) < 4.78 is 16.6. The summed E-state index contributed by atoms with van der Waals surface area (Å²) in [5, 5.41) is 7.32.